The van der Waals surface area contributed by atoms with Crippen molar-refractivity contribution in [2.45, 2.75) is 36.5 Å². The number of aryl methyl sites for hydroxylation is 1. The molecule has 3 N–H and O–H groups in total. The number of hydrogen-bond acceptors (Lipinski definition) is 5. The zero-order chi connectivity index (χ0) is 20.5. The molecule has 0 saturated heterocycles. The monoisotopic (exact) mass is 431 g/mol. The molecule has 7 heteroatoms. The maximum Gasteiger partial charge on any atom is 0.0946 e. The van der Waals surface area contributed by atoms with Gasteiger partial charge in [0.15, 0.2) is 0 Å². The van der Waals surface area contributed by atoms with E-state index in [9.17, 15) is 5.11 Å². The van der Waals surface area contributed by atoms with E-state index in [1.165, 1.54) is 5.56 Å². The lowest BCUT2D eigenvalue weighted by atomic mass is 10.1. The second-order valence-corrected chi connectivity index (χ2v) is 8.40. The van der Waals surface area contributed by atoms with E-state index < -0.39 is 0 Å². The lowest BCUT2D eigenvalue weighted by Gasteiger charge is -2.24. The first kappa shape index (κ1) is 21.7. The molecule has 0 spiro atoms. The Hall–Kier alpha value is -1.99. The number of rotatable bonds is 11. The first-order valence-corrected chi connectivity index (χ1v) is 10.9. The van der Waals surface area contributed by atoms with Gasteiger partial charge in [-0.05, 0) is 48.7 Å². The second kappa shape index (κ2) is 11.3. The number of halogens is 1. The van der Waals surface area contributed by atoms with Crippen LogP contribution in [0.3, 0.4) is 0 Å². The maximum atomic E-state index is 9.85. The highest BCUT2D eigenvalue weighted by atomic mass is 35.5. The van der Waals surface area contributed by atoms with Crippen molar-refractivity contribution in [2.24, 2.45) is 0 Å². The number of nitrogens with two attached hydrogens (primary N) is 1. The standard InChI is InChI=1S/C22H26ClN3O2S/c23-18-7-4-17(5-8-18)6-9-20(13-26-11-10-25-16-26)28-21(14-27)15-29-22-3-1-2-19(24)12-22/h1-5,7-8,10-12,16,20-21,27H,6,9,13-15,24H2/t20?,21-/m0/s1. The van der Waals surface area contributed by atoms with Gasteiger partial charge in [-0.15, -0.1) is 11.8 Å². The van der Waals surface area contributed by atoms with Crippen molar-refractivity contribution in [2.75, 3.05) is 18.1 Å². The van der Waals surface area contributed by atoms with Crippen LogP contribution in [0.25, 0.3) is 0 Å². The van der Waals surface area contributed by atoms with Gasteiger partial charge in [-0.2, -0.15) is 0 Å². The number of hydrogen-bond donors (Lipinski definition) is 2. The van der Waals surface area contributed by atoms with E-state index in [0.717, 1.165) is 28.4 Å². The number of ether oxygens (including phenoxy) is 1. The van der Waals surface area contributed by atoms with E-state index in [-0.39, 0.29) is 18.8 Å². The van der Waals surface area contributed by atoms with Gasteiger partial charge in [-0.3, -0.25) is 0 Å². The second-order valence-electron chi connectivity index (χ2n) is 6.87. The molecule has 2 aromatic carbocycles. The molecule has 0 aliphatic heterocycles. The van der Waals surface area contributed by atoms with Crippen LogP contribution in [0.15, 0.2) is 72.1 Å². The van der Waals surface area contributed by atoms with Crippen LogP contribution in [0.2, 0.25) is 5.02 Å². The van der Waals surface area contributed by atoms with Gasteiger partial charge < -0.3 is 20.1 Å². The van der Waals surface area contributed by atoms with Crippen molar-refractivity contribution in [3.05, 3.63) is 77.8 Å². The third-order valence-electron chi connectivity index (χ3n) is 4.52. The van der Waals surface area contributed by atoms with Crippen LogP contribution in [0.4, 0.5) is 5.69 Å². The topological polar surface area (TPSA) is 73.3 Å². The summed E-state index contributed by atoms with van der Waals surface area (Å²) >= 11 is 7.61. The molecular formula is C22H26ClN3O2S. The number of aliphatic hydroxyl groups excluding tert-OH is 1. The van der Waals surface area contributed by atoms with Crippen molar-refractivity contribution in [1.29, 1.82) is 0 Å². The van der Waals surface area contributed by atoms with Crippen LogP contribution >= 0.6 is 23.4 Å². The summed E-state index contributed by atoms with van der Waals surface area (Å²) in [5, 5.41) is 10.6. The van der Waals surface area contributed by atoms with Crippen LogP contribution in [0, 0.1) is 0 Å². The smallest absolute Gasteiger partial charge is 0.0946 e. The molecule has 0 radical (unpaired) electrons. The number of aromatic nitrogens is 2. The highest BCUT2D eigenvalue weighted by Crippen LogP contribution is 2.23. The summed E-state index contributed by atoms with van der Waals surface area (Å²) in [7, 11) is 0. The fourth-order valence-corrected chi connectivity index (χ4v) is 4.09. The Bertz CT molecular complexity index is 859. The molecule has 1 unspecified atom stereocenters. The molecule has 1 heterocycles. The molecule has 154 valence electrons. The molecule has 3 aromatic rings. The molecule has 5 nitrogen and oxygen atoms in total. The number of nitrogen functional groups attached to an aromatic ring is 1. The summed E-state index contributed by atoms with van der Waals surface area (Å²) in [5.41, 5.74) is 7.79. The van der Waals surface area contributed by atoms with Gasteiger partial charge in [-0.1, -0.05) is 29.8 Å². The van der Waals surface area contributed by atoms with Crippen molar-refractivity contribution in [3.63, 3.8) is 0 Å². The summed E-state index contributed by atoms with van der Waals surface area (Å²) in [6, 6.07) is 15.6. The summed E-state index contributed by atoms with van der Waals surface area (Å²) in [6.07, 6.45) is 6.87. The molecule has 0 saturated carbocycles. The molecule has 0 aliphatic carbocycles. The quantitative estimate of drug-likeness (QED) is 0.350. The van der Waals surface area contributed by atoms with Gasteiger partial charge in [-0.25, -0.2) is 4.98 Å². The van der Waals surface area contributed by atoms with Crippen molar-refractivity contribution in [3.8, 4) is 0 Å². The largest absolute Gasteiger partial charge is 0.399 e. The maximum absolute atomic E-state index is 9.85. The fraction of sp³-hybridized carbons (Fsp3) is 0.318. The summed E-state index contributed by atoms with van der Waals surface area (Å²) in [5.74, 6) is 0.654. The zero-order valence-corrected chi connectivity index (χ0v) is 17.7. The van der Waals surface area contributed by atoms with E-state index in [1.807, 2.05) is 59.3 Å². The highest BCUT2D eigenvalue weighted by Gasteiger charge is 2.18. The van der Waals surface area contributed by atoms with E-state index in [0.29, 0.717) is 12.3 Å². The average Bonchev–Trinajstić information content (AvgIpc) is 3.23. The van der Waals surface area contributed by atoms with Crippen LogP contribution in [-0.4, -0.2) is 39.2 Å². The predicted molar refractivity (Wildman–Crippen MR) is 119 cm³/mol. The highest BCUT2D eigenvalue weighted by molar-refractivity contribution is 7.99. The first-order chi connectivity index (χ1) is 14.1. The molecule has 1 aromatic heterocycles. The lowest BCUT2D eigenvalue weighted by molar-refractivity contribution is -0.0369. The van der Waals surface area contributed by atoms with Gasteiger partial charge in [0.2, 0.25) is 0 Å². The van der Waals surface area contributed by atoms with Gasteiger partial charge in [0.25, 0.3) is 0 Å². The Morgan fingerprint density at radius 3 is 2.69 bits per heavy atom. The minimum absolute atomic E-state index is 0.0311. The van der Waals surface area contributed by atoms with E-state index >= 15 is 0 Å². The summed E-state index contributed by atoms with van der Waals surface area (Å²) in [6.45, 7) is 0.656. The van der Waals surface area contributed by atoms with Crippen LogP contribution in [0.5, 0.6) is 0 Å². The fourth-order valence-electron chi connectivity index (χ4n) is 3.01. The predicted octanol–water partition coefficient (Wildman–Crippen LogP) is 4.29. The molecule has 3 rings (SSSR count). The van der Waals surface area contributed by atoms with Crippen molar-refractivity contribution < 1.29 is 9.84 Å². The van der Waals surface area contributed by atoms with Crippen molar-refractivity contribution in [1.82, 2.24) is 9.55 Å². The van der Waals surface area contributed by atoms with Crippen LogP contribution in [-0.2, 0) is 17.7 Å². The number of anilines is 1. The van der Waals surface area contributed by atoms with E-state index in [1.54, 1.807) is 24.3 Å². The van der Waals surface area contributed by atoms with Gasteiger partial charge in [0.1, 0.15) is 0 Å². The normalized spacial score (nSPS) is 13.3. The molecular weight excluding hydrogens is 406 g/mol. The van der Waals surface area contributed by atoms with Gasteiger partial charge in [0, 0.05) is 40.3 Å². The minimum Gasteiger partial charge on any atom is -0.399 e. The molecule has 2 atom stereocenters. The molecule has 0 aliphatic rings. The minimum atomic E-state index is -0.264. The van der Waals surface area contributed by atoms with Gasteiger partial charge >= 0.3 is 0 Å². The van der Waals surface area contributed by atoms with E-state index in [2.05, 4.69) is 4.98 Å². The molecule has 0 fully saturated rings. The van der Waals surface area contributed by atoms with Crippen LogP contribution in [0.1, 0.15) is 12.0 Å². The number of imidazole rings is 1. The summed E-state index contributed by atoms with van der Waals surface area (Å²) in [4.78, 5) is 5.18. The Morgan fingerprint density at radius 1 is 1.17 bits per heavy atom. The Labute approximate surface area is 180 Å². The third kappa shape index (κ3) is 7.40. The SMILES string of the molecule is Nc1cccc(SC[C@H](CO)OC(CCc2ccc(Cl)cc2)Cn2ccnc2)c1. The third-order valence-corrected chi connectivity index (χ3v) is 5.90. The number of aliphatic hydroxyl groups is 1. The van der Waals surface area contributed by atoms with Gasteiger partial charge in [0.05, 0.1) is 25.1 Å². The number of nitrogens with zero attached hydrogens (tertiary/aromatic N) is 2. The number of thioether (sulfide) groups is 1. The first-order valence-electron chi connectivity index (χ1n) is 9.57. The van der Waals surface area contributed by atoms with E-state index in [4.69, 9.17) is 22.1 Å². The average molecular weight is 432 g/mol. The molecule has 29 heavy (non-hydrogen) atoms. The van der Waals surface area contributed by atoms with Crippen LogP contribution < -0.4 is 5.73 Å². The lowest BCUT2D eigenvalue weighted by Crippen LogP contribution is -2.30. The zero-order valence-electron chi connectivity index (χ0n) is 16.2. The molecule has 0 amide bonds. The Kier molecular flexibility index (Phi) is 8.43. The Balaban J connectivity index is 1.59. The summed E-state index contributed by atoms with van der Waals surface area (Å²) < 4.78 is 8.30. The molecule has 0 bridgehead atoms. The number of benzene rings is 2. The Morgan fingerprint density at radius 2 is 2.00 bits per heavy atom. The van der Waals surface area contributed by atoms with Crippen molar-refractivity contribution >= 4 is 29.1 Å².